The lowest BCUT2D eigenvalue weighted by atomic mass is 10.2. The second kappa shape index (κ2) is 5.02. The van der Waals surface area contributed by atoms with Crippen molar-refractivity contribution in [3.63, 3.8) is 0 Å². The highest BCUT2D eigenvalue weighted by Gasteiger charge is 2.09. The number of pyridine rings is 1. The standard InChI is InChI=1S/C12H7BrFN3O/c13-9-5-17-6-11(16)12(9)18-8-2-1-7(4-15)10(14)3-8/h1-3,5-6H,16H2. The zero-order valence-corrected chi connectivity index (χ0v) is 10.6. The number of nitrogen functional groups attached to an aromatic ring is 1. The monoisotopic (exact) mass is 307 g/mol. The van der Waals surface area contributed by atoms with Crippen LogP contribution in [0, 0.1) is 17.1 Å². The molecule has 0 bridgehead atoms. The van der Waals surface area contributed by atoms with Crippen LogP contribution in [-0.4, -0.2) is 4.98 Å². The molecule has 0 saturated heterocycles. The number of nitriles is 1. The Morgan fingerprint density at radius 1 is 1.39 bits per heavy atom. The number of hydrogen-bond acceptors (Lipinski definition) is 4. The Kier molecular flexibility index (Phi) is 3.44. The van der Waals surface area contributed by atoms with Crippen molar-refractivity contribution in [2.24, 2.45) is 0 Å². The van der Waals surface area contributed by atoms with Gasteiger partial charge in [-0.05, 0) is 28.1 Å². The molecule has 0 aliphatic carbocycles. The van der Waals surface area contributed by atoms with Crippen molar-refractivity contribution in [2.75, 3.05) is 5.73 Å². The maximum absolute atomic E-state index is 13.4. The largest absolute Gasteiger partial charge is 0.454 e. The lowest BCUT2D eigenvalue weighted by Crippen LogP contribution is -1.95. The van der Waals surface area contributed by atoms with Gasteiger partial charge in [0.15, 0.2) is 5.75 Å². The van der Waals surface area contributed by atoms with E-state index in [1.807, 2.05) is 0 Å². The first kappa shape index (κ1) is 12.3. The number of halogens is 2. The number of aromatic nitrogens is 1. The summed E-state index contributed by atoms with van der Waals surface area (Å²) >= 11 is 3.24. The fourth-order valence-corrected chi connectivity index (χ4v) is 1.74. The van der Waals surface area contributed by atoms with Crippen LogP contribution in [0.15, 0.2) is 35.1 Å². The van der Waals surface area contributed by atoms with E-state index in [0.29, 0.717) is 15.9 Å². The first-order valence-electron chi connectivity index (χ1n) is 4.88. The van der Waals surface area contributed by atoms with Crippen molar-refractivity contribution in [2.45, 2.75) is 0 Å². The van der Waals surface area contributed by atoms with Crippen LogP contribution in [-0.2, 0) is 0 Å². The van der Waals surface area contributed by atoms with Gasteiger partial charge in [-0.3, -0.25) is 4.98 Å². The topological polar surface area (TPSA) is 71.9 Å². The number of nitrogens with two attached hydrogens (primary N) is 1. The average molecular weight is 308 g/mol. The molecule has 0 radical (unpaired) electrons. The van der Waals surface area contributed by atoms with Crippen LogP contribution in [0.1, 0.15) is 5.56 Å². The van der Waals surface area contributed by atoms with Crippen molar-refractivity contribution >= 4 is 21.6 Å². The zero-order valence-electron chi connectivity index (χ0n) is 9.02. The zero-order chi connectivity index (χ0) is 13.1. The number of hydrogen-bond donors (Lipinski definition) is 1. The Balaban J connectivity index is 2.35. The molecule has 1 heterocycles. The van der Waals surface area contributed by atoms with Crippen molar-refractivity contribution < 1.29 is 9.13 Å². The molecule has 1 aromatic heterocycles. The van der Waals surface area contributed by atoms with Crippen LogP contribution in [0.5, 0.6) is 11.5 Å². The molecule has 90 valence electrons. The highest BCUT2D eigenvalue weighted by Crippen LogP contribution is 2.34. The van der Waals surface area contributed by atoms with Gasteiger partial charge in [0.05, 0.1) is 21.9 Å². The van der Waals surface area contributed by atoms with E-state index in [1.54, 1.807) is 6.07 Å². The van der Waals surface area contributed by atoms with Gasteiger partial charge in [0, 0.05) is 12.3 Å². The molecule has 0 aliphatic heterocycles. The van der Waals surface area contributed by atoms with Crippen LogP contribution in [0.4, 0.5) is 10.1 Å². The van der Waals surface area contributed by atoms with Gasteiger partial charge in [-0.2, -0.15) is 5.26 Å². The first-order valence-corrected chi connectivity index (χ1v) is 5.67. The third kappa shape index (κ3) is 2.41. The minimum atomic E-state index is -0.640. The molecular formula is C12H7BrFN3O. The summed E-state index contributed by atoms with van der Waals surface area (Å²) in [7, 11) is 0. The third-order valence-electron chi connectivity index (χ3n) is 2.16. The van der Waals surface area contributed by atoms with Crippen LogP contribution < -0.4 is 10.5 Å². The van der Waals surface area contributed by atoms with Gasteiger partial charge in [0.25, 0.3) is 0 Å². The molecule has 18 heavy (non-hydrogen) atoms. The third-order valence-corrected chi connectivity index (χ3v) is 2.73. The van der Waals surface area contributed by atoms with Gasteiger partial charge in [-0.15, -0.1) is 0 Å². The Morgan fingerprint density at radius 3 is 2.78 bits per heavy atom. The van der Waals surface area contributed by atoms with Crippen molar-refractivity contribution in [1.82, 2.24) is 4.98 Å². The van der Waals surface area contributed by atoms with E-state index in [2.05, 4.69) is 20.9 Å². The molecule has 2 aromatic rings. The van der Waals surface area contributed by atoms with E-state index in [9.17, 15) is 4.39 Å². The average Bonchev–Trinajstić information content (AvgIpc) is 2.34. The molecule has 4 nitrogen and oxygen atoms in total. The fourth-order valence-electron chi connectivity index (χ4n) is 1.31. The summed E-state index contributed by atoms with van der Waals surface area (Å²) in [5, 5.41) is 8.62. The van der Waals surface area contributed by atoms with E-state index in [-0.39, 0.29) is 11.3 Å². The maximum Gasteiger partial charge on any atom is 0.167 e. The normalized spacial score (nSPS) is 9.83. The molecule has 6 heteroatoms. The Morgan fingerprint density at radius 2 is 2.17 bits per heavy atom. The van der Waals surface area contributed by atoms with Gasteiger partial charge in [0.1, 0.15) is 17.6 Å². The molecule has 0 spiro atoms. The van der Waals surface area contributed by atoms with E-state index < -0.39 is 5.82 Å². The highest BCUT2D eigenvalue weighted by atomic mass is 79.9. The minimum absolute atomic E-state index is 0.0379. The summed E-state index contributed by atoms with van der Waals surface area (Å²) in [4.78, 5) is 3.86. The SMILES string of the molecule is N#Cc1ccc(Oc2c(N)cncc2Br)cc1F. The van der Waals surface area contributed by atoms with Gasteiger partial charge in [-0.1, -0.05) is 0 Å². The Labute approximate surface area is 111 Å². The predicted molar refractivity (Wildman–Crippen MR) is 67.5 cm³/mol. The van der Waals surface area contributed by atoms with Gasteiger partial charge in [0.2, 0.25) is 0 Å². The molecular weight excluding hydrogens is 301 g/mol. The van der Waals surface area contributed by atoms with Gasteiger partial charge < -0.3 is 10.5 Å². The molecule has 0 saturated carbocycles. The maximum atomic E-state index is 13.4. The molecule has 0 atom stereocenters. The van der Waals surface area contributed by atoms with Crippen LogP contribution >= 0.6 is 15.9 Å². The highest BCUT2D eigenvalue weighted by molar-refractivity contribution is 9.10. The number of anilines is 1. The molecule has 2 N–H and O–H groups in total. The molecule has 0 aliphatic rings. The quantitative estimate of drug-likeness (QED) is 0.924. The molecule has 2 rings (SSSR count). The van der Waals surface area contributed by atoms with E-state index in [1.165, 1.54) is 24.5 Å². The smallest absolute Gasteiger partial charge is 0.167 e. The minimum Gasteiger partial charge on any atom is -0.454 e. The number of benzene rings is 1. The lowest BCUT2D eigenvalue weighted by molar-refractivity contribution is 0.475. The number of ether oxygens (including phenoxy) is 1. The second-order valence-electron chi connectivity index (χ2n) is 3.40. The summed E-state index contributed by atoms with van der Waals surface area (Å²) in [6.45, 7) is 0. The summed E-state index contributed by atoms with van der Waals surface area (Å²) in [5.74, 6) is -0.0297. The predicted octanol–water partition coefficient (Wildman–Crippen LogP) is 3.23. The van der Waals surface area contributed by atoms with E-state index in [0.717, 1.165) is 6.07 Å². The van der Waals surface area contributed by atoms with Gasteiger partial charge in [-0.25, -0.2) is 4.39 Å². The van der Waals surface area contributed by atoms with Crippen molar-refractivity contribution in [1.29, 1.82) is 5.26 Å². The molecule has 0 unspecified atom stereocenters. The molecule has 0 fully saturated rings. The van der Waals surface area contributed by atoms with Gasteiger partial charge >= 0.3 is 0 Å². The van der Waals surface area contributed by atoms with Crippen LogP contribution in [0.3, 0.4) is 0 Å². The Hall–Kier alpha value is -2.13. The van der Waals surface area contributed by atoms with Crippen molar-refractivity contribution in [3.05, 3.63) is 46.4 Å². The first-order chi connectivity index (χ1) is 8.61. The fraction of sp³-hybridized carbons (Fsp3) is 0. The van der Waals surface area contributed by atoms with Crippen LogP contribution in [0.2, 0.25) is 0 Å². The summed E-state index contributed by atoms with van der Waals surface area (Å²) in [5.41, 5.74) is 5.99. The van der Waals surface area contributed by atoms with E-state index in [4.69, 9.17) is 15.7 Å². The summed E-state index contributed by atoms with van der Waals surface area (Å²) in [6, 6.07) is 5.70. The summed E-state index contributed by atoms with van der Waals surface area (Å²) in [6.07, 6.45) is 2.95. The number of nitrogens with zero attached hydrogens (tertiary/aromatic N) is 2. The lowest BCUT2D eigenvalue weighted by Gasteiger charge is -2.09. The second-order valence-corrected chi connectivity index (χ2v) is 4.25. The summed E-state index contributed by atoms with van der Waals surface area (Å²) < 4.78 is 19.4. The van der Waals surface area contributed by atoms with E-state index >= 15 is 0 Å². The molecule has 1 aromatic carbocycles. The number of rotatable bonds is 2. The van der Waals surface area contributed by atoms with Crippen molar-refractivity contribution in [3.8, 4) is 17.6 Å². The van der Waals surface area contributed by atoms with Crippen LogP contribution in [0.25, 0.3) is 0 Å². The Bertz CT molecular complexity index is 619. The molecule has 0 amide bonds.